The van der Waals surface area contributed by atoms with Crippen molar-refractivity contribution in [2.75, 3.05) is 13.2 Å². The average molecular weight is 247 g/mol. The van der Waals surface area contributed by atoms with Crippen molar-refractivity contribution in [3.63, 3.8) is 0 Å². The van der Waals surface area contributed by atoms with E-state index in [-0.39, 0.29) is 0 Å². The number of nitrogens with two attached hydrogens (primary N) is 1. The molecule has 100 valence electrons. The Bertz CT molecular complexity index is 338. The molecule has 1 aromatic carbocycles. The average Bonchev–Trinajstić information content (AvgIpc) is 2.40. The van der Waals surface area contributed by atoms with E-state index < -0.39 is 0 Å². The predicted octanol–water partition coefficient (Wildman–Crippen LogP) is 3.01. The molecule has 0 amide bonds. The highest BCUT2D eigenvalue weighted by atomic mass is 16.5. The molecular weight excluding hydrogens is 222 g/mol. The SMILES string of the molecule is CC1CCC(CN)C(OCCc2ccccc2)C1. The smallest absolute Gasteiger partial charge is 0.0618 e. The van der Waals surface area contributed by atoms with Gasteiger partial charge in [-0.05, 0) is 43.2 Å². The third-order valence-corrected chi connectivity index (χ3v) is 4.06. The van der Waals surface area contributed by atoms with Gasteiger partial charge in [-0.2, -0.15) is 0 Å². The summed E-state index contributed by atoms with van der Waals surface area (Å²) in [6.45, 7) is 3.90. The molecule has 2 rings (SSSR count). The maximum absolute atomic E-state index is 6.08. The molecule has 0 aromatic heterocycles. The summed E-state index contributed by atoms with van der Waals surface area (Å²) in [5.74, 6) is 1.35. The first-order chi connectivity index (χ1) is 8.79. The quantitative estimate of drug-likeness (QED) is 0.868. The Morgan fingerprint density at radius 2 is 2.00 bits per heavy atom. The molecule has 2 nitrogen and oxygen atoms in total. The highest BCUT2D eigenvalue weighted by Gasteiger charge is 2.28. The standard InChI is InChI=1S/C16H25NO/c1-13-7-8-15(12-17)16(11-13)18-10-9-14-5-3-2-4-6-14/h2-6,13,15-16H,7-12,17H2,1H3. The van der Waals surface area contributed by atoms with Crippen molar-refractivity contribution in [1.29, 1.82) is 0 Å². The fraction of sp³-hybridized carbons (Fsp3) is 0.625. The molecule has 0 bridgehead atoms. The molecule has 2 N–H and O–H groups in total. The van der Waals surface area contributed by atoms with Crippen molar-refractivity contribution in [2.24, 2.45) is 17.6 Å². The summed E-state index contributed by atoms with van der Waals surface area (Å²) < 4.78 is 6.08. The highest BCUT2D eigenvalue weighted by Crippen LogP contribution is 2.30. The minimum atomic E-state index is 0.377. The molecule has 3 atom stereocenters. The third-order valence-electron chi connectivity index (χ3n) is 4.06. The van der Waals surface area contributed by atoms with E-state index >= 15 is 0 Å². The van der Waals surface area contributed by atoms with Gasteiger partial charge in [-0.15, -0.1) is 0 Å². The monoisotopic (exact) mass is 247 g/mol. The van der Waals surface area contributed by atoms with E-state index in [4.69, 9.17) is 10.5 Å². The molecule has 0 saturated heterocycles. The minimum Gasteiger partial charge on any atom is -0.378 e. The number of hydrogen-bond donors (Lipinski definition) is 1. The maximum Gasteiger partial charge on any atom is 0.0618 e. The summed E-state index contributed by atoms with van der Waals surface area (Å²) in [6.07, 6.45) is 5.09. The molecule has 2 heteroatoms. The van der Waals surface area contributed by atoms with Gasteiger partial charge in [0.25, 0.3) is 0 Å². The fourth-order valence-electron chi connectivity index (χ4n) is 2.84. The van der Waals surface area contributed by atoms with Crippen LogP contribution in [0.5, 0.6) is 0 Å². The Morgan fingerprint density at radius 3 is 2.72 bits per heavy atom. The molecule has 0 aliphatic heterocycles. The van der Waals surface area contributed by atoms with Crippen LogP contribution < -0.4 is 5.73 Å². The molecule has 1 aliphatic rings. The van der Waals surface area contributed by atoms with Gasteiger partial charge in [0.2, 0.25) is 0 Å². The first kappa shape index (κ1) is 13.6. The molecule has 0 heterocycles. The maximum atomic E-state index is 6.08. The third kappa shape index (κ3) is 3.82. The lowest BCUT2D eigenvalue weighted by molar-refractivity contribution is -0.0194. The van der Waals surface area contributed by atoms with E-state index in [2.05, 4.69) is 37.3 Å². The second-order valence-electron chi connectivity index (χ2n) is 5.56. The van der Waals surface area contributed by atoms with Crippen LogP contribution in [0, 0.1) is 11.8 Å². The van der Waals surface area contributed by atoms with Gasteiger partial charge in [-0.3, -0.25) is 0 Å². The van der Waals surface area contributed by atoms with E-state index in [0.717, 1.165) is 25.5 Å². The van der Waals surface area contributed by atoms with Crippen LogP contribution >= 0.6 is 0 Å². The van der Waals surface area contributed by atoms with Gasteiger partial charge in [-0.1, -0.05) is 43.7 Å². The van der Waals surface area contributed by atoms with Gasteiger partial charge in [0, 0.05) is 0 Å². The van der Waals surface area contributed by atoms with Crippen LogP contribution in [-0.2, 0) is 11.2 Å². The van der Waals surface area contributed by atoms with E-state index in [0.29, 0.717) is 12.0 Å². The van der Waals surface area contributed by atoms with Crippen LogP contribution in [0.15, 0.2) is 30.3 Å². The first-order valence-corrected chi connectivity index (χ1v) is 7.15. The fourth-order valence-corrected chi connectivity index (χ4v) is 2.84. The van der Waals surface area contributed by atoms with Crippen molar-refractivity contribution in [2.45, 2.75) is 38.7 Å². The number of benzene rings is 1. The van der Waals surface area contributed by atoms with E-state index in [1.54, 1.807) is 0 Å². The summed E-state index contributed by atoms with van der Waals surface area (Å²) in [5.41, 5.74) is 7.19. The van der Waals surface area contributed by atoms with Crippen LogP contribution in [0.25, 0.3) is 0 Å². The van der Waals surface area contributed by atoms with Crippen LogP contribution in [0.2, 0.25) is 0 Å². The molecular formula is C16H25NO. The topological polar surface area (TPSA) is 35.2 Å². The Hall–Kier alpha value is -0.860. The normalized spacial score (nSPS) is 28.2. The minimum absolute atomic E-state index is 0.377. The predicted molar refractivity (Wildman–Crippen MR) is 75.4 cm³/mol. The van der Waals surface area contributed by atoms with Gasteiger partial charge in [0.1, 0.15) is 0 Å². The van der Waals surface area contributed by atoms with Gasteiger partial charge < -0.3 is 10.5 Å². The number of rotatable bonds is 5. The molecule has 18 heavy (non-hydrogen) atoms. The van der Waals surface area contributed by atoms with Crippen molar-refractivity contribution < 1.29 is 4.74 Å². The largest absolute Gasteiger partial charge is 0.378 e. The lowest BCUT2D eigenvalue weighted by Gasteiger charge is -2.34. The zero-order valence-corrected chi connectivity index (χ0v) is 11.3. The van der Waals surface area contributed by atoms with E-state index in [9.17, 15) is 0 Å². The van der Waals surface area contributed by atoms with Crippen LogP contribution in [0.4, 0.5) is 0 Å². The van der Waals surface area contributed by atoms with Crippen LogP contribution in [0.3, 0.4) is 0 Å². The molecule has 0 spiro atoms. The first-order valence-electron chi connectivity index (χ1n) is 7.15. The Morgan fingerprint density at radius 1 is 1.22 bits per heavy atom. The van der Waals surface area contributed by atoms with Crippen molar-refractivity contribution in [3.05, 3.63) is 35.9 Å². The number of ether oxygens (including phenoxy) is 1. The summed E-state index contributed by atoms with van der Waals surface area (Å²) in [7, 11) is 0. The van der Waals surface area contributed by atoms with E-state index in [1.807, 2.05) is 0 Å². The molecule has 0 radical (unpaired) electrons. The molecule has 3 unspecified atom stereocenters. The molecule has 1 saturated carbocycles. The Kier molecular flexibility index (Phi) is 5.21. The van der Waals surface area contributed by atoms with Crippen molar-refractivity contribution in [1.82, 2.24) is 0 Å². The highest BCUT2D eigenvalue weighted by molar-refractivity contribution is 5.14. The summed E-state index contributed by atoms with van der Waals surface area (Å²) >= 11 is 0. The zero-order chi connectivity index (χ0) is 12.8. The van der Waals surface area contributed by atoms with Gasteiger partial charge in [-0.25, -0.2) is 0 Å². The van der Waals surface area contributed by atoms with Crippen LogP contribution in [-0.4, -0.2) is 19.3 Å². The van der Waals surface area contributed by atoms with Crippen LogP contribution in [0.1, 0.15) is 31.7 Å². The van der Waals surface area contributed by atoms with Crippen molar-refractivity contribution >= 4 is 0 Å². The molecule has 1 fully saturated rings. The Balaban J connectivity index is 1.77. The summed E-state index contributed by atoms with van der Waals surface area (Å²) in [5, 5.41) is 0. The zero-order valence-electron chi connectivity index (χ0n) is 11.3. The van der Waals surface area contributed by atoms with E-state index in [1.165, 1.54) is 24.8 Å². The number of hydrogen-bond acceptors (Lipinski definition) is 2. The summed E-state index contributed by atoms with van der Waals surface area (Å²) in [6, 6.07) is 10.5. The van der Waals surface area contributed by atoms with Gasteiger partial charge in [0.05, 0.1) is 12.7 Å². The lowest BCUT2D eigenvalue weighted by atomic mass is 9.80. The second-order valence-corrected chi connectivity index (χ2v) is 5.56. The second kappa shape index (κ2) is 6.91. The Labute approximate surface area is 111 Å². The van der Waals surface area contributed by atoms with Crippen molar-refractivity contribution in [3.8, 4) is 0 Å². The lowest BCUT2D eigenvalue weighted by Crippen LogP contribution is -2.36. The molecule has 1 aromatic rings. The molecule has 1 aliphatic carbocycles. The van der Waals surface area contributed by atoms with Gasteiger partial charge in [0.15, 0.2) is 0 Å². The summed E-state index contributed by atoms with van der Waals surface area (Å²) in [4.78, 5) is 0. The van der Waals surface area contributed by atoms with Gasteiger partial charge >= 0.3 is 0 Å².